The van der Waals surface area contributed by atoms with Gasteiger partial charge in [0.25, 0.3) is 0 Å². The van der Waals surface area contributed by atoms with Gasteiger partial charge in [-0.05, 0) is 42.8 Å². The molecule has 4 rings (SSSR count). The van der Waals surface area contributed by atoms with Crippen molar-refractivity contribution < 1.29 is 9.47 Å². The quantitative estimate of drug-likeness (QED) is 0.847. The minimum Gasteiger partial charge on any atom is -0.454 e. The van der Waals surface area contributed by atoms with Crippen LogP contribution in [0.15, 0.2) is 36.5 Å². The van der Waals surface area contributed by atoms with Crippen LogP contribution in [0, 0.1) is 0 Å². The first-order valence-electron chi connectivity index (χ1n) is 7.00. The molecule has 0 bridgehead atoms. The van der Waals surface area contributed by atoms with Gasteiger partial charge in [-0.2, -0.15) is 0 Å². The van der Waals surface area contributed by atoms with Gasteiger partial charge in [-0.3, -0.25) is 0 Å². The standard InChI is InChI=1S/C16H16N2O2/c1-2-4-12(5-3-1)18-16-13-9-15-14(19-10-20-15)8-11(13)6-7-17-16/h1-2,6-9,12H,3-5,10H2,(H,17,18). The summed E-state index contributed by atoms with van der Waals surface area (Å²) in [5.74, 6) is 2.55. The molecule has 20 heavy (non-hydrogen) atoms. The molecule has 1 aliphatic heterocycles. The summed E-state index contributed by atoms with van der Waals surface area (Å²) in [7, 11) is 0. The van der Waals surface area contributed by atoms with Gasteiger partial charge in [0.15, 0.2) is 11.5 Å². The number of fused-ring (bicyclic) bond motifs is 2. The molecule has 0 spiro atoms. The van der Waals surface area contributed by atoms with Crippen molar-refractivity contribution in [2.24, 2.45) is 0 Å². The van der Waals surface area contributed by atoms with Crippen LogP contribution in [-0.4, -0.2) is 17.8 Å². The van der Waals surface area contributed by atoms with Gasteiger partial charge in [0.2, 0.25) is 6.79 Å². The third-order valence-corrected chi connectivity index (χ3v) is 3.87. The molecule has 1 aromatic carbocycles. The van der Waals surface area contributed by atoms with E-state index in [0.717, 1.165) is 47.4 Å². The maximum Gasteiger partial charge on any atom is 0.231 e. The number of hydrogen-bond acceptors (Lipinski definition) is 4. The van der Waals surface area contributed by atoms with Crippen LogP contribution in [-0.2, 0) is 0 Å². The van der Waals surface area contributed by atoms with Crippen molar-refractivity contribution in [3.63, 3.8) is 0 Å². The Morgan fingerprint density at radius 3 is 2.90 bits per heavy atom. The molecule has 0 saturated heterocycles. The lowest BCUT2D eigenvalue weighted by molar-refractivity contribution is 0.174. The molecule has 0 fully saturated rings. The fourth-order valence-electron chi connectivity index (χ4n) is 2.80. The molecule has 0 radical (unpaired) electrons. The lowest BCUT2D eigenvalue weighted by Gasteiger charge is -2.20. The van der Waals surface area contributed by atoms with Crippen LogP contribution in [0.3, 0.4) is 0 Å². The normalized spacial score (nSPS) is 20.3. The Balaban J connectivity index is 1.73. The summed E-state index contributed by atoms with van der Waals surface area (Å²) in [5, 5.41) is 5.77. The molecule has 0 amide bonds. The maximum absolute atomic E-state index is 5.46. The largest absolute Gasteiger partial charge is 0.454 e. The molecule has 2 heterocycles. The van der Waals surface area contributed by atoms with Gasteiger partial charge in [-0.25, -0.2) is 4.98 Å². The summed E-state index contributed by atoms with van der Waals surface area (Å²) in [4.78, 5) is 4.49. The second-order valence-electron chi connectivity index (χ2n) is 5.21. The average molecular weight is 268 g/mol. The van der Waals surface area contributed by atoms with E-state index in [1.807, 2.05) is 24.4 Å². The van der Waals surface area contributed by atoms with Gasteiger partial charge in [0.05, 0.1) is 0 Å². The van der Waals surface area contributed by atoms with Crippen LogP contribution < -0.4 is 14.8 Å². The van der Waals surface area contributed by atoms with Gasteiger partial charge in [-0.1, -0.05) is 12.2 Å². The topological polar surface area (TPSA) is 43.4 Å². The molecule has 1 N–H and O–H groups in total. The van der Waals surface area contributed by atoms with E-state index in [-0.39, 0.29) is 0 Å². The third-order valence-electron chi connectivity index (χ3n) is 3.87. The van der Waals surface area contributed by atoms with E-state index in [9.17, 15) is 0 Å². The number of nitrogens with zero attached hydrogens (tertiary/aromatic N) is 1. The molecule has 102 valence electrons. The van der Waals surface area contributed by atoms with E-state index in [0.29, 0.717) is 12.8 Å². The zero-order chi connectivity index (χ0) is 13.4. The fraction of sp³-hybridized carbons (Fsp3) is 0.312. The summed E-state index contributed by atoms with van der Waals surface area (Å²) in [6.07, 6.45) is 9.66. The molecular formula is C16H16N2O2. The number of pyridine rings is 1. The van der Waals surface area contributed by atoms with Crippen LogP contribution in [0.1, 0.15) is 19.3 Å². The highest BCUT2D eigenvalue weighted by molar-refractivity contribution is 5.94. The van der Waals surface area contributed by atoms with Crippen LogP contribution in [0.5, 0.6) is 11.5 Å². The molecular weight excluding hydrogens is 252 g/mol. The van der Waals surface area contributed by atoms with Gasteiger partial charge < -0.3 is 14.8 Å². The highest BCUT2D eigenvalue weighted by Crippen LogP contribution is 2.38. The number of ether oxygens (including phenoxy) is 2. The smallest absolute Gasteiger partial charge is 0.231 e. The molecule has 1 unspecified atom stereocenters. The zero-order valence-electron chi connectivity index (χ0n) is 11.1. The van der Waals surface area contributed by atoms with Crippen molar-refractivity contribution in [3.8, 4) is 11.5 Å². The molecule has 1 aromatic heterocycles. The summed E-state index contributed by atoms with van der Waals surface area (Å²) in [6.45, 7) is 0.301. The van der Waals surface area contributed by atoms with Crippen molar-refractivity contribution in [1.29, 1.82) is 0 Å². The van der Waals surface area contributed by atoms with E-state index < -0.39 is 0 Å². The number of nitrogens with one attached hydrogen (secondary N) is 1. The van der Waals surface area contributed by atoms with E-state index in [1.54, 1.807) is 0 Å². The molecule has 1 aliphatic carbocycles. The first-order valence-corrected chi connectivity index (χ1v) is 7.00. The Hall–Kier alpha value is -2.23. The Morgan fingerprint density at radius 1 is 1.15 bits per heavy atom. The van der Waals surface area contributed by atoms with Crippen molar-refractivity contribution in [1.82, 2.24) is 4.98 Å². The van der Waals surface area contributed by atoms with Crippen molar-refractivity contribution in [2.75, 3.05) is 12.1 Å². The molecule has 1 atom stereocenters. The molecule has 2 aliphatic rings. The van der Waals surface area contributed by atoms with Crippen LogP contribution >= 0.6 is 0 Å². The van der Waals surface area contributed by atoms with E-state index in [4.69, 9.17) is 9.47 Å². The number of benzene rings is 1. The van der Waals surface area contributed by atoms with Gasteiger partial charge in [0, 0.05) is 17.6 Å². The zero-order valence-corrected chi connectivity index (χ0v) is 11.1. The summed E-state index contributed by atoms with van der Waals surface area (Å²) < 4.78 is 10.9. The second kappa shape index (κ2) is 4.71. The number of allylic oxidation sites excluding steroid dienone is 1. The third kappa shape index (κ3) is 1.97. The van der Waals surface area contributed by atoms with E-state index in [1.165, 1.54) is 0 Å². The van der Waals surface area contributed by atoms with E-state index >= 15 is 0 Å². The SMILES string of the molecule is C1=CCC(Nc2nccc3cc4c(cc23)OCO4)CC1. The second-order valence-corrected chi connectivity index (χ2v) is 5.21. The van der Waals surface area contributed by atoms with E-state index in [2.05, 4.69) is 22.5 Å². The van der Waals surface area contributed by atoms with Gasteiger partial charge >= 0.3 is 0 Å². The van der Waals surface area contributed by atoms with Crippen molar-refractivity contribution >= 4 is 16.6 Å². The summed E-state index contributed by atoms with van der Waals surface area (Å²) in [6, 6.07) is 6.50. The Kier molecular flexibility index (Phi) is 2.73. The number of aromatic nitrogens is 1. The minimum absolute atomic E-state index is 0.301. The van der Waals surface area contributed by atoms with Gasteiger partial charge in [-0.15, -0.1) is 0 Å². The van der Waals surface area contributed by atoms with Crippen LogP contribution in [0.2, 0.25) is 0 Å². The van der Waals surface area contributed by atoms with Crippen LogP contribution in [0.4, 0.5) is 5.82 Å². The summed E-state index contributed by atoms with van der Waals surface area (Å²) in [5.41, 5.74) is 0. The lowest BCUT2D eigenvalue weighted by atomic mass is 10.0. The first-order chi connectivity index (χ1) is 9.90. The summed E-state index contributed by atoms with van der Waals surface area (Å²) >= 11 is 0. The number of rotatable bonds is 2. The number of anilines is 1. The minimum atomic E-state index is 0.301. The lowest BCUT2D eigenvalue weighted by Crippen LogP contribution is -2.21. The first kappa shape index (κ1) is 11.6. The number of hydrogen-bond donors (Lipinski definition) is 1. The Bertz CT molecular complexity index is 681. The molecule has 4 nitrogen and oxygen atoms in total. The van der Waals surface area contributed by atoms with Crippen LogP contribution in [0.25, 0.3) is 10.8 Å². The molecule has 4 heteroatoms. The molecule has 2 aromatic rings. The predicted octanol–water partition coefficient (Wildman–Crippen LogP) is 3.48. The maximum atomic E-state index is 5.46. The highest BCUT2D eigenvalue weighted by atomic mass is 16.7. The van der Waals surface area contributed by atoms with Crippen molar-refractivity contribution in [2.45, 2.75) is 25.3 Å². The van der Waals surface area contributed by atoms with Gasteiger partial charge in [0.1, 0.15) is 5.82 Å². The Labute approximate surface area is 117 Å². The monoisotopic (exact) mass is 268 g/mol. The Morgan fingerprint density at radius 2 is 2.05 bits per heavy atom. The van der Waals surface area contributed by atoms with Crippen molar-refractivity contribution in [3.05, 3.63) is 36.5 Å². The fourth-order valence-corrected chi connectivity index (χ4v) is 2.80. The predicted molar refractivity (Wildman–Crippen MR) is 78.3 cm³/mol. The molecule has 0 saturated carbocycles. The highest BCUT2D eigenvalue weighted by Gasteiger charge is 2.17. The average Bonchev–Trinajstić information content (AvgIpc) is 2.94.